The van der Waals surface area contributed by atoms with Gasteiger partial charge in [-0.1, -0.05) is 156 Å². The van der Waals surface area contributed by atoms with Gasteiger partial charge in [0.2, 0.25) is 0 Å². The summed E-state index contributed by atoms with van der Waals surface area (Å²) in [5.74, 6) is 0. The van der Waals surface area contributed by atoms with E-state index in [1.54, 1.807) is 0 Å². The van der Waals surface area contributed by atoms with E-state index in [4.69, 9.17) is 4.55 Å². The molecule has 0 bridgehead atoms. The Morgan fingerprint density at radius 2 is 0.667 bits per heavy atom. The summed E-state index contributed by atoms with van der Waals surface area (Å²) in [6.45, 7) is 6.88. The van der Waals surface area contributed by atoms with Crippen molar-refractivity contribution in [2.75, 3.05) is 6.61 Å². The SMILES string of the molecule is CCCCCCCCCCCCCC.CCCCCCCCCCCCOS(=O)(=O)O.[NaH].[NaH]. The van der Waals surface area contributed by atoms with Gasteiger partial charge < -0.3 is 0 Å². The van der Waals surface area contributed by atoms with Gasteiger partial charge in [0.15, 0.2) is 0 Å². The molecule has 0 aromatic rings. The van der Waals surface area contributed by atoms with Gasteiger partial charge in [0.25, 0.3) is 0 Å². The summed E-state index contributed by atoms with van der Waals surface area (Å²) in [6, 6.07) is 0. The molecule has 0 aliphatic heterocycles. The van der Waals surface area contributed by atoms with E-state index >= 15 is 0 Å². The fourth-order valence-electron chi connectivity index (χ4n) is 3.67. The second-order valence-electron chi connectivity index (χ2n) is 8.97. The van der Waals surface area contributed by atoms with E-state index in [2.05, 4.69) is 25.0 Å². The molecule has 4 nitrogen and oxygen atoms in total. The van der Waals surface area contributed by atoms with Crippen molar-refractivity contribution in [3.63, 3.8) is 0 Å². The van der Waals surface area contributed by atoms with Crippen molar-refractivity contribution in [2.24, 2.45) is 0 Å². The van der Waals surface area contributed by atoms with Gasteiger partial charge in [-0.05, 0) is 6.42 Å². The van der Waals surface area contributed by atoms with Crippen molar-refractivity contribution in [1.82, 2.24) is 0 Å². The van der Waals surface area contributed by atoms with Crippen LogP contribution in [0.3, 0.4) is 0 Å². The molecule has 0 aliphatic carbocycles. The van der Waals surface area contributed by atoms with Gasteiger partial charge >= 0.3 is 69.5 Å². The molecule has 0 spiro atoms. The Bertz CT molecular complexity index is 409. The first kappa shape index (κ1) is 42.0. The molecule has 0 amide bonds. The molecular formula is C26H58Na2O4S. The van der Waals surface area contributed by atoms with Crippen LogP contribution in [0.25, 0.3) is 0 Å². The normalized spacial score (nSPS) is 10.7. The summed E-state index contributed by atoms with van der Waals surface area (Å²) in [6.07, 6.45) is 29.3. The van der Waals surface area contributed by atoms with Crippen LogP contribution in [0.15, 0.2) is 0 Å². The van der Waals surface area contributed by atoms with Gasteiger partial charge in [0, 0.05) is 0 Å². The summed E-state index contributed by atoms with van der Waals surface area (Å²) < 4.78 is 33.0. The Morgan fingerprint density at radius 1 is 0.455 bits per heavy atom. The third kappa shape index (κ3) is 47.6. The van der Waals surface area contributed by atoms with Crippen LogP contribution in [0.5, 0.6) is 0 Å². The average molecular weight is 513 g/mol. The summed E-state index contributed by atoms with van der Waals surface area (Å²) in [5.41, 5.74) is 0. The van der Waals surface area contributed by atoms with Crippen LogP contribution in [0.4, 0.5) is 0 Å². The molecule has 194 valence electrons. The van der Waals surface area contributed by atoms with Crippen LogP contribution in [0.2, 0.25) is 0 Å². The summed E-state index contributed by atoms with van der Waals surface area (Å²) in [4.78, 5) is 0. The molecule has 0 unspecified atom stereocenters. The molecule has 0 aromatic carbocycles. The van der Waals surface area contributed by atoms with Crippen LogP contribution in [0.1, 0.15) is 162 Å². The zero-order valence-corrected chi connectivity index (χ0v) is 22.2. The molecule has 0 aromatic heterocycles. The number of hydrogen-bond donors (Lipinski definition) is 1. The van der Waals surface area contributed by atoms with E-state index in [0.29, 0.717) is 6.42 Å². The predicted molar refractivity (Wildman–Crippen MR) is 150 cm³/mol. The van der Waals surface area contributed by atoms with Gasteiger partial charge in [-0.3, -0.25) is 4.55 Å². The Hall–Kier alpha value is 1.87. The van der Waals surface area contributed by atoms with E-state index < -0.39 is 10.4 Å². The Labute approximate surface area is 253 Å². The number of hydrogen-bond acceptors (Lipinski definition) is 3. The molecule has 0 saturated carbocycles. The quantitative estimate of drug-likeness (QED) is 0.0852. The van der Waals surface area contributed by atoms with E-state index in [9.17, 15) is 8.42 Å². The number of unbranched alkanes of at least 4 members (excludes halogenated alkanes) is 20. The Kier molecular flexibility index (Phi) is 45.8. The van der Waals surface area contributed by atoms with Crippen LogP contribution >= 0.6 is 0 Å². The van der Waals surface area contributed by atoms with Crippen molar-refractivity contribution < 1.29 is 17.2 Å². The minimum absolute atomic E-state index is 0. The molecule has 0 aliphatic rings. The van der Waals surface area contributed by atoms with Gasteiger partial charge in [0.05, 0.1) is 6.61 Å². The molecule has 0 atom stereocenters. The molecular weight excluding hydrogens is 454 g/mol. The first-order valence-corrected chi connectivity index (χ1v) is 15.0. The zero-order chi connectivity index (χ0) is 23.5. The summed E-state index contributed by atoms with van der Waals surface area (Å²) in [7, 11) is -4.23. The van der Waals surface area contributed by atoms with E-state index in [1.165, 1.54) is 122 Å². The molecule has 0 radical (unpaired) electrons. The molecule has 33 heavy (non-hydrogen) atoms. The topological polar surface area (TPSA) is 63.6 Å². The first-order chi connectivity index (χ1) is 15.0. The van der Waals surface area contributed by atoms with Crippen molar-refractivity contribution in [1.29, 1.82) is 0 Å². The average Bonchev–Trinajstić information content (AvgIpc) is 2.73. The van der Waals surface area contributed by atoms with Crippen LogP contribution in [-0.2, 0) is 14.6 Å². The third-order valence-corrected chi connectivity index (χ3v) is 6.15. The molecule has 0 rings (SSSR count). The van der Waals surface area contributed by atoms with Crippen LogP contribution in [0, 0.1) is 0 Å². The maximum atomic E-state index is 10.2. The standard InChI is InChI=1S/C14H30.C12H26O4S.2Na.2H/c1-3-5-7-9-11-13-14-12-10-8-6-4-2;1-2-3-4-5-6-7-8-9-10-11-12-16-17(13,14)15;;;;/h3-14H2,1-2H3;2-12H2,1H3,(H,13,14,15);;;;. The minimum atomic E-state index is -4.23. The fraction of sp³-hybridized carbons (Fsp3) is 1.00. The second-order valence-corrected chi connectivity index (χ2v) is 10.1. The Balaban J connectivity index is -0.000000244. The van der Waals surface area contributed by atoms with Crippen LogP contribution < -0.4 is 0 Å². The van der Waals surface area contributed by atoms with Crippen molar-refractivity contribution in [3.05, 3.63) is 0 Å². The van der Waals surface area contributed by atoms with Gasteiger partial charge in [-0.15, -0.1) is 0 Å². The Morgan fingerprint density at radius 3 is 0.879 bits per heavy atom. The zero-order valence-electron chi connectivity index (χ0n) is 21.3. The second kappa shape index (κ2) is 36.0. The van der Waals surface area contributed by atoms with E-state index in [-0.39, 0.29) is 65.7 Å². The van der Waals surface area contributed by atoms with Crippen molar-refractivity contribution in [2.45, 2.75) is 162 Å². The molecule has 7 heteroatoms. The molecule has 0 heterocycles. The monoisotopic (exact) mass is 512 g/mol. The van der Waals surface area contributed by atoms with Gasteiger partial charge in [-0.25, -0.2) is 4.18 Å². The van der Waals surface area contributed by atoms with E-state index in [1.807, 2.05) is 0 Å². The van der Waals surface area contributed by atoms with Crippen molar-refractivity contribution in [3.8, 4) is 0 Å². The van der Waals surface area contributed by atoms with Gasteiger partial charge in [-0.2, -0.15) is 8.42 Å². The third-order valence-electron chi connectivity index (χ3n) is 5.69. The predicted octanol–water partition coefficient (Wildman–Crippen LogP) is 8.14. The van der Waals surface area contributed by atoms with Crippen molar-refractivity contribution >= 4 is 69.5 Å². The first-order valence-electron chi connectivity index (χ1n) is 13.6. The van der Waals surface area contributed by atoms with Crippen LogP contribution in [-0.4, -0.2) is 78.7 Å². The molecule has 0 saturated heterocycles. The summed E-state index contributed by atoms with van der Waals surface area (Å²) in [5, 5.41) is 0. The van der Waals surface area contributed by atoms with Gasteiger partial charge in [0.1, 0.15) is 0 Å². The number of rotatable bonds is 23. The summed E-state index contributed by atoms with van der Waals surface area (Å²) >= 11 is 0. The fourth-order valence-corrected chi connectivity index (χ4v) is 4.00. The van der Waals surface area contributed by atoms with E-state index in [0.717, 1.165) is 12.8 Å². The maximum absolute atomic E-state index is 10.2. The molecule has 0 fully saturated rings. The molecule has 1 N–H and O–H groups in total.